The van der Waals surface area contributed by atoms with Gasteiger partial charge in [0.05, 0.1) is 19.3 Å². The first kappa shape index (κ1) is 14.0. The molecule has 108 valence electrons. The van der Waals surface area contributed by atoms with Gasteiger partial charge in [-0.15, -0.1) is 0 Å². The third kappa shape index (κ3) is 3.34. The number of hydrogen-bond acceptors (Lipinski definition) is 5. The average Bonchev–Trinajstić information content (AvgIpc) is 2.84. The van der Waals surface area contributed by atoms with Crippen LogP contribution in [0.25, 0.3) is 0 Å². The fraction of sp³-hybridized carbons (Fsp3) is 0.818. The molecule has 2 unspecified atom stereocenters. The second-order valence-corrected chi connectivity index (χ2v) is 4.62. The first-order chi connectivity index (χ1) is 9.11. The maximum Gasteiger partial charge on any atom is 0.332 e. The van der Waals surface area contributed by atoms with Gasteiger partial charge in [0.2, 0.25) is 0 Å². The summed E-state index contributed by atoms with van der Waals surface area (Å²) < 4.78 is 10.3. The Kier molecular flexibility index (Phi) is 4.56. The number of methoxy groups -OCH3 is 1. The molecule has 0 bridgehead atoms. The van der Waals surface area contributed by atoms with Crippen molar-refractivity contribution in [2.45, 2.75) is 18.6 Å². The van der Waals surface area contributed by atoms with Crippen LogP contribution in [0.3, 0.4) is 0 Å². The summed E-state index contributed by atoms with van der Waals surface area (Å²) in [5.74, 6) is -1.00. The van der Waals surface area contributed by atoms with Gasteiger partial charge in [0, 0.05) is 33.2 Å². The molecule has 8 heteroatoms. The van der Waals surface area contributed by atoms with E-state index in [1.54, 1.807) is 5.01 Å². The van der Waals surface area contributed by atoms with Crippen LogP contribution >= 0.6 is 0 Å². The van der Waals surface area contributed by atoms with Crippen molar-refractivity contribution in [2.75, 3.05) is 40.0 Å². The summed E-state index contributed by atoms with van der Waals surface area (Å²) in [6.45, 7) is 2.62. The lowest BCUT2D eigenvalue weighted by Gasteiger charge is -2.30. The smallest absolute Gasteiger partial charge is 0.332 e. The van der Waals surface area contributed by atoms with Crippen LogP contribution in [0.2, 0.25) is 0 Å². The molecule has 0 radical (unpaired) electrons. The molecular formula is C11H19N3O5. The molecule has 2 aliphatic heterocycles. The lowest BCUT2D eigenvalue weighted by molar-refractivity contribution is -0.141. The Morgan fingerprint density at radius 3 is 2.63 bits per heavy atom. The van der Waals surface area contributed by atoms with E-state index < -0.39 is 18.0 Å². The molecule has 2 atom stereocenters. The Bertz CT molecular complexity index is 345. The molecular weight excluding hydrogens is 254 g/mol. The van der Waals surface area contributed by atoms with Crippen molar-refractivity contribution in [3.63, 3.8) is 0 Å². The summed E-state index contributed by atoms with van der Waals surface area (Å²) in [5, 5.41) is 10.9. The van der Waals surface area contributed by atoms with Crippen LogP contribution in [0.4, 0.5) is 4.79 Å². The topological polar surface area (TPSA) is 91.3 Å². The zero-order valence-corrected chi connectivity index (χ0v) is 10.9. The van der Waals surface area contributed by atoms with Gasteiger partial charge in [-0.1, -0.05) is 0 Å². The predicted molar refractivity (Wildman–Crippen MR) is 64.5 cm³/mol. The number of hydrazine groups is 1. The minimum atomic E-state index is -1.00. The fourth-order valence-electron chi connectivity index (χ4n) is 2.30. The van der Waals surface area contributed by atoms with Crippen molar-refractivity contribution in [1.29, 1.82) is 0 Å². The molecule has 2 fully saturated rings. The Morgan fingerprint density at radius 2 is 2.05 bits per heavy atom. The normalized spacial score (nSPS) is 28.4. The second kappa shape index (κ2) is 6.18. The van der Waals surface area contributed by atoms with E-state index in [9.17, 15) is 9.59 Å². The molecule has 0 aliphatic carbocycles. The Morgan fingerprint density at radius 1 is 1.37 bits per heavy atom. The summed E-state index contributed by atoms with van der Waals surface area (Å²) in [5.41, 5.74) is 2.71. The van der Waals surface area contributed by atoms with Crippen LogP contribution in [0, 0.1) is 0 Å². The highest BCUT2D eigenvalue weighted by Crippen LogP contribution is 2.20. The molecule has 0 aromatic carbocycles. The van der Waals surface area contributed by atoms with Gasteiger partial charge in [-0.25, -0.2) is 14.6 Å². The van der Waals surface area contributed by atoms with Gasteiger partial charge >= 0.3 is 12.0 Å². The SMILES string of the molecule is COC1CC(C(=O)O)N(C(=O)NN2CCOCC2)C1. The maximum atomic E-state index is 12.1. The quantitative estimate of drug-likeness (QED) is 0.693. The minimum absolute atomic E-state index is 0.225. The third-order valence-corrected chi connectivity index (χ3v) is 3.41. The van der Waals surface area contributed by atoms with Crippen molar-refractivity contribution in [3.8, 4) is 0 Å². The highest BCUT2D eigenvalue weighted by molar-refractivity contribution is 5.83. The second-order valence-electron chi connectivity index (χ2n) is 4.62. The molecule has 2 saturated heterocycles. The van der Waals surface area contributed by atoms with E-state index >= 15 is 0 Å². The molecule has 19 heavy (non-hydrogen) atoms. The molecule has 8 nitrogen and oxygen atoms in total. The molecule has 2 N–H and O–H groups in total. The van der Waals surface area contributed by atoms with E-state index in [2.05, 4.69) is 5.43 Å². The van der Waals surface area contributed by atoms with Gasteiger partial charge < -0.3 is 19.5 Å². The van der Waals surface area contributed by atoms with Gasteiger partial charge in [0.25, 0.3) is 0 Å². The molecule has 2 aliphatic rings. The Labute approximate surface area is 111 Å². The summed E-state index contributed by atoms with van der Waals surface area (Å²) in [6, 6.07) is -1.22. The molecule has 0 aromatic heterocycles. The van der Waals surface area contributed by atoms with E-state index in [0.717, 1.165) is 0 Å². The number of ether oxygens (including phenoxy) is 2. The summed E-state index contributed by atoms with van der Waals surface area (Å²) in [6.07, 6.45) is 0.0964. The summed E-state index contributed by atoms with van der Waals surface area (Å²) >= 11 is 0. The number of nitrogens with one attached hydrogen (secondary N) is 1. The lowest BCUT2D eigenvalue weighted by atomic mass is 10.2. The van der Waals surface area contributed by atoms with Crippen molar-refractivity contribution >= 4 is 12.0 Å². The van der Waals surface area contributed by atoms with Crippen LogP contribution in [-0.4, -0.2) is 79.1 Å². The number of morpholine rings is 1. The number of likely N-dealkylation sites (tertiary alicyclic amines) is 1. The first-order valence-corrected chi connectivity index (χ1v) is 6.27. The van der Waals surface area contributed by atoms with Crippen LogP contribution in [0.5, 0.6) is 0 Å². The molecule has 2 amide bonds. The minimum Gasteiger partial charge on any atom is -0.480 e. The van der Waals surface area contributed by atoms with Crippen molar-refractivity contribution in [2.24, 2.45) is 0 Å². The standard InChI is InChI=1S/C11H19N3O5/c1-18-8-6-9(10(15)16)14(7-8)11(17)12-13-2-4-19-5-3-13/h8-9H,2-7H2,1H3,(H,12,17)(H,15,16). The molecule has 2 heterocycles. The highest BCUT2D eigenvalue weighted by atomic mass is 16.5. The lowest BCUT2D eigenvalue weighted by Crippen LogP contribution is -2.54. The van der Waals surface area contributed by atoms with E-state index in [4.69, 9.17) is 14.6 Å². The molecule has 2 rings (SSSR count). The van der Waals surface area contributed by atoms with Gasteiger partial charge in [-0.3, -0.25) is 5.43 Å². The Hall–Kier alpha value is -1.38. The van der Waals surface area contributed by atoms with Crippen molar-refractivity contribution < 1.29 is 24.2 Å². The maximum absolute atomic E-state index is 12.1. The zero-order valence-electron chi connectivity index (χ0n) is 10.9. The summed E-state index contributed by atoms with van der Waals surface area (Å²) in [4.78, 5) is 24.6. The number of amides is 2. The number of hydrogen-bond donors (Lipinski definition) is 2. The molecule has 0 spiro atoms. The van der Waals surface area contributed by atoms with Gasteiger partial charge in [0.15, 0.2) is 0 Å². The number of carbonyl (C=O) groups is 2. The van der Waals surface area contributed by atoms with E-state index in [0.29, 0.717) is 39.3 Å². The van der Waals surface area contributed by atoms with E-state index in [1.165, 1.54) is 12.0 Å². The van der Waals surface area contributed by atoms with Crippen LogP contribution in [0.1, 0.15) is 6.42 Å². The number of urea groups is 1. The van der Waals surface area contributed by atoms with Crippen LogP contribution in [-0.2, 0) is 14.3 Å². The van der Waals surface area contributed by atoms with Gasteiger partial charge in [-0.05, 0) is 0 Å². The Balaban J connectivity index is 1.94. The van der Waals surface area contributed by atoms with Crippen molar-refractivity contribution in [3.05, 3.63) is 0 Å². The van der Waals surface area contributed by atoms with Crippen LogP contribution < -0.4 is 5.43 Å². The van der Waals surface area contributed by atoms with Gasteiger partial charge in [-0.2, -0.15) is 0 Å². The number of aliphatic carboxylic acids is 1. The van der Waals surface area contributed by atoms with E-state index in [-0.39, 0.29) is 6.10 Å². The zero-order chi connectivity index (χ0) is 13.8. The molecule has 0 aromatic rings. The monoisotopic (exact) mass is 273 g/mol. The number of carboxylic acids is 1. The first-order valence-electron chi connectivity index (χ1n) is 6.27. The van der Waals surface area contributed by atoms with E-state index in [1.807, 2.05) is 0 Å². The number of nitrogens with zero attached hydrogens (tertiary/aromatic N) is 2. The number of carboxylic acid groups (broad SMARTS) is 1. The highest BCUT2D eigenvalue weighted by Gasteiger charge is 2.40. The number of rotatable bonds is 3. The predicted octanol–water partition coefficient (Wildman–Crippen LogP) is -0.883. The fourth-order valence-corrected chi connectivity index (χ4v) is 2.30. The van der Waals surface area contributed by atoms with Crippen molar-refractivity contribution in [1.82, 2.24) is 15.3 Å². The largest absolute Gasteiger partial charge is 0.480 e. The summed E-state index contributed by atoms with van der Waals surface area (Å²) in [7, 11) is 1.52. The van der Waals surface area contributed by atoms with Gasteiger partial charge in [0.1, 0.15) is 6.04 Å². The number of carbonyl (C=O) groups excluding carboxylic acids is 1. The molecule has 0 saturated carbocycles. The average molecular weight is 273 g/mol. The third-order valence-electron chi connectivity index (χ3n) is 3.41. The van der Waals surface area contributed by atoms with Crippen LogP contribution in [0.15, 0.2) is 0 Å².